The summed E-state index contributed by atoms with van der Waals surface area (Å²) in [5, 5.41) is 8.66. The molecule has 1 aromatic carbocycles. The van der Waals surface area contributed by atoms with Gasteiger partial charge in [0.25, 0.3) is 0 Å². The number of hydrogen-bond acceptors (Lipinski definition) is 2. The Balaban J connectivity index is 1.82. The van der Waals surface area contributed by atoms with Crippen molar-refractivity contribution in [1.29, 1.82) is 0 Å². The van der Waals surface area contributed by atoms with Crippen molar-refractivity contribution in [3.05, 3.63) is 35.4 Å². The van der Waals surface area contributed by atoms with Crippen molar-refractivity contribution in [2.45, 2.75) is 44.8 Å². The molecule has 1 saturated carbocycles. The minimum absolute atomic E-state index is 0.0871. The molecule has 0 bridgehead atoms. The number of aliphatic carboxylic acids is 1. The molecule has 3 nitrogen and oxygen atoms in total. The zero-order valence-corrected chi connectivity index (χ0v) is 9.89. The lowest BCUT2D eigenvalue weighted by Crippen LogP contribution is -2.07. The molecule has 0 amide bonds. The Morgan fingerprint density at radius 1 is 1.18 bits per heavy atom. The highest BCUT2D eigenvalue weighted by Crippen LogP contribution is 2.22. The van der Waals surface area contributed by atoms with Crippen molar-refractivity contribution in [2.24, 2.45) is 0 Å². The maximum Gasteiger partial charge on any atom is 0.307 e. The Labute approximate surface area is 101 Å². The van der Waals surface area contributed by atoms with Gasteiger partial charge in [0.15, 0.2) is 0 Å². The van der Waals surface area contributed by atoms with Gasteiger partial charge < -0.3 is 9.84 Å². The molecule has 1 N–H and O–H groups in total. The summed E-state index contributed by atoms with van der Waals surface area (Å²) in [6.45, 7) is 0.637. The first kappa shape index (κ1) is 12.1. The number of rotatable bonds is 5. The van der Waals surface area contributed by atoms with Gasteiger partial charge in [-0.05, 0) is 24.0 Å². The Bertz CT molecular complexity index is 364. The second-order valence-electron chi connectivity index (χ2n) is 4.60. The fourth-order valence-corrected chi connectivity index (χ4v) is 2.20. The van der Waals surface area contributed by atoms with E-state index in [0.717, 1.165) is 11.1 Å². The molecule has 1 aliphatic carbocycles. The van der Waals surface area contributed by atoms with Gasteiger partial charge >= 0.3 is 5.97 Å². The van der Waals surface area contributed by atoms with Gasteiger partial charge in [0.1, 0.15) is 0 Å². The zero-order valence-electron chi connectivity index (χ0n) is 9.89. The minimum Gasteiger partial charge on any atom is -0.481 e. The van der Waals surface area contributed by atoms with E-state index in [2.05, 4.69) is 0 Å². The molecule has 1 fully saturated rings. The topological polar surface area (TPSA) is 46.5 Å². The van der Waals surface area contributed by atoms with Crippen molar-refractivity contribution in [2.75, 3.05) is 0 Å². The first-order valence-corrected chi connectivity index (χ1v) is 6.15. The summed E-state index contributed by atoms with van der Waals surface area (Å²) in [5.41, 5.74) is 1.95. The maximum atomic E-state index is 10.5. The molecular formula is C14H18O3. The number of hydrogen-bond donors (Lipinski definition) is 1. The summed E-state index contributed by atoms with van der Waals surface area (Å²) in [6.07, 6.45) is 5.43. The fraction of sp³-hybridized carbons (Fsp3) is 0.500. The quantitative estimate of drug-likeness (QED) is 0.852. The predicted molar refractivity (Wildman–Crippen MR) is 64.8 cm³/mol. The van der Waals surface area contributed by atoms with E-state index in [1.807, 2.05) is 24.3 Å². The third-order valence-corrected chi connectivity index (χ3v) is 3.17. The Morgan fingerprint density at radius 2 is 1.76 bits per heavy atom. The van der Waals surface area contributed by atoms with Crippen molar-refractivity contribution in [3.63, 3.8) is 0 Å². The standard InChI is InChI=1S/C14H18O3/c15-14(16)9-11-5-7-12(8-6-11)10-17-13-3-1-2-4-13/h5-8,13H,1-4,9-10H2,(H,15,16). The van der Waals surface area contributed by atoms with Gasteiger partial charge in [-0.1, -0.05) is 37.1 Å². The third-order valence-electron chi connectivity index (χ3n) is 3.17. The van der Waals surface area contributed by atoms with Crippen molar-refractivity contribution in [1.82, 2.24) is 0 Å². The Kier molecular flexibility index (Phi) is 4.15. The van der Waals surface area contributed by atoms with E-state index >= 15 is 0 Å². The average Bonchev–Trinajstić information content (AvgIpc) is 2.80. The molecule has 0 radical (unpaired) electrons. The van der Waals surface area contributed by atoms with Crippen molar-refractivity contribution in [3.8, 4) is 0 Å². The lowest BCUT2D eigenvalue weighted by atomic mass is 10.1. The highest BCUT2D eigenvalue weighted by Gasteiger charge is 2.14. The van der Waals surface area contributed by atoms with Gasteiger partial charge in [0.05, 0.1) is 19.1 Å². The van der Waals surface area contributed by atoms with Crippen LogP contribution in [0.2, 0.25) is 0 Å². The fourth-order valence-electron chi connectivity index (χ4n) is 2.20. The first-order valence-electron chi connectivity index (χ1n) is 6.15. The van der Waals surface area contributed by atoms with Crippen molar-refractivity contribution >= 4 is 5.97 Å². The molecule has 1 aromatic rings. The zero-order chi connectivity index (χ0) is 12.1. The largest absolute Gasteiger partial charge is 0.481 e. The molecule has 0 atom stereocenters. The Hall–Kier alpha value is -1.35. The highest BCUT2D eigenvalue weighted by molar-refractivity contribution is 5.70. The van der Waals surface area contributed by atoms with E-state index in [0.29, 0.717) is 12.7 Å². The van der Waals surface area contributed by atoms with Gasteiger partial charge in [-0.25, -0.2) is 0 Å². The monoisotopic (exact) mass is 234 g/mol. The van der Waals surface area contributed by atoms with Gasteiger partial charge in [-0.15, -0.1) is 0 Å². The first-order chi connectivity index (χ1) is 8.24. The van der Waals surface area contributed by atoms with Crippen LogP contribution in [-0.4, -0.2) is 17.2 Å². The minimum atomic E-state index is -0.792. The van der Waals surface area contributed by atoms with E-state index < -0.39 is 5.97 Å². The molecular weight excluding hydrogens is 216 g/mol. The lowest BCUT2D eigenvalue weighted by Gasteiger charge is -2.11. The molecule has 0 heterocycles. The van der Waals surface area contributed by atoms with E-state index in [4.69, 9.17) is 9.84 Å². The molecule has 1 aliphatic rings. The summed E-state index contributed by atoms with van der Waals surface area (Å²) < 4.78 is 5.79. The van der Waals surface area contributed by atoms with Crippen LogP contribution in [0, 0.1) is 0 Å². The molecule has 0 spiro atoms. The molecule has 0 unspecified atom stereocenters. The average molecular weight is 234 g/mol. The van der Waals surface area contributed by atoms with E-state index in [1.165, 1.54) is 25.7 Å². The van der Waals surface area contributed by atoms with Gasteiger partial charge in [0, 0.05) is 0 Å². The Morgan fingerprint density at radius 3 is 2.35 bits per heavy atom. The lowest BCUT2D eigenvalue weighted by molar-refractivity contribution is -0.136. The number of ether oxygens (including phenoxy) is 1. The van der Waals surface area contributed by atoms with Crippen LogP contribution in [0.5, 0.6) is 0 Å². The van der Waals surface area contributed by atoms with Crippen LogP contribution in [0.1, 0.15) is 36.8 Å². The van der Waals surface area contributed by atoms with Crippen LogP contribution < -0.4 is 0 Å². The van der Waals surface area contributed by atoms with Crippen molar-refractivity contribution < 1.29 is 14.6 Å². The normalized spacial score (nSPS) is 16.2. The molecule has 0 saturated heterocycles. The summed E-state index contributed by atoms with van der Waals surface area (Å²) in [4.78, 5) is 10.5. The van der Waals surface area contributed by atoms with Gasteiger partial charge in [-0.3, -0.25) is 4.79 Å². The smallest absolute Gasteiger partial charge is 0.307 e. The van der Waals surface area contributed by atoms with E-state index in [9.17, 15) is 4.79 Å². The van der Waals surface area contributed by atoms with Gasteiger partial charge in [-0.2, -0.15) is 0 Å². The van der Waals surface area contributed by atoms with Gasteiger partial charge in [0.2, 0.25) is 0 Å². The predicted octanol–water partition coefficient (Wildman–Crippen LogP) is 2.77. The highest BCUT2D eigenvalue weighted by atomic mass is 16.5. The van der Waals surface area contributed by atoms with Crippen LogP contribution in [0.4, 0.5) is 0 Å². The van der Waals surface area contributed by atoms with Crippen LogP contribution in [0.15, 0.2) is 24.3 Å². The van der Waals surface area contributed by atoms with E-state index in [1.54, 1.807) is 0 Å². The number of carboxylic acids is 1. The molecule has 92 valence electrons. The molecule has 0 aliphatic heterocycles. The number of carbonyl (C=O) groups is 1. The second-order valence-corrected chi connectivity index (χ2v) is 4.60. The SMILES string of the molecule is O=C(O)Cc1ccc(COC2CCCC2)cc1. The summed E-state index contributed by atoms with van der Waals surface area (Å²) in [7, 11) is 0. The molecule has 3 heteroatoms. The third kappa shape index (κ3) is 3.86. The molecule has 0 aromatic heterocycles. The molecule has 17 heavy (non-hydrogen) atoms. The summed E-state index contributed by atoms with van der Waals surface area (Å²) in [6, 6.07) is 7.63. The van der Waals surface area contributed by atoms with Crippen LogP contribution >= 0.6 is 0 Å². The van der Waals surface area contributed by atoms with Crippen LogP contribution in [0.25, 0.3) is 0 Å². The molecule has 2 rings (SSSR count). The number of benzene rings is 1. The second kappa shape index (κ2) is 5.82. The maximum absolute atomic E-state index is 10.5. The van der Waals surface area contributed by atoms with Crippen LogP contribution in [0.3, 0.4) is 0 Å². The number of carboxylic acid groups (broad SMARTS) is 1. The van der Waals surface area contributed by atoms with E-state index in [-0.39, 0.29) is 6.42 Å². The van der Waals surface area contributed by atoms with Crippen LogP contribution in [-0.2, 0) is 22.6 Å². The summed E-state index contributed by atoms with van der Waals surface area (Å²) >= 11 is 0. The summed E-state index contributed by atoms with van der Waals surface area (Å²) in [5.74, 6) is -0.792.